The van der Waals surface area contributed by atoms with Crippen LogP contribution in [-0.2, 0) is 4.79 Å². The van der Waals surface area contributed by atoms with E-state index < -0.39 is 0 Å². The molecule has 3 rings (SSSR count). The molecule has 1 aromatic rings. The van der Waals surface area contributed by atoms with E-state index in [4.69, 9.17) is 0 Å². The van der Waals surface area contributed by atoms with Crippen LogP contribution in [0.15, 0.2) is 24.3 Å². The van der Waals surface area contributed by atoms with E-state index in [2.05, 4.69) is 35.1 Å². The van der Waals surface area contributed by atoms with Crippen molar-refractivity contribution in [3.63, 3.8) is 0 Å². The van der Waals surface area contributed by atoms with Crippen LogP contribution in [-0.4, -0.2) is 48.5 Å². The van der Waals surface area contributed by atoms with Crippen molar-refractivity contribution in [3.05, 3.63) is 24.3 Å². The average Bonchev–Trinajstić information content (AvgIpc) is 2.79. The molecule has 1 saturated carbocycles. The molecule has 1 heterocycles. The van der Waals surface area contributed by atoms with Gasteiger partial charge in [0, 0.05) is 43.0 Å². The summed E-state index contributed by atoms with van der Waals surface area (Å²) in [6, 6.07) is 7.02. The molecule has 4 N–H and O–H groups in total. The lowest BCUT2D eigenvalue weighted by Gasteiger charge is -2.31. The molecule has 1 aromatic carbocycles. The second-order valence-electron chi connectivity index (χ2n) is 9.34. The van der Waals surface area contributed by atoms with Crippen LogP contribution in [0.1, 0.15) is 58.8 Å². The molecule has 0 radical (unpaired) electrons. The molecule has 32 heavy (non-hydrogen) atoms. The Labute approximate surface area is 190 Å². The summed E-state index contributed by atoms with van der Waals surface area (Å²) in [5, 5.41) is 11.8. The maximum atomic E-state index is 12.6. The Balaban J connectivity index is 1.40. The molecule has 0 spiro atoms. The third-order valence-electron chi connectivity index (χ3n) is 6.17. The summed E-state index contributed by atoms with van der Waals surface area (Å²) >= 11 is 0. The van der Waals surface area contributed by atoms with Crippen molar-refractivity contribution in [2.75, 3.05) is 30.3 Å². The maximum absolute atomic E-state index is 12.6. The lowest BCUT2D eigenvalue weighted by atomic mass is 9.96. The average molecular weight is 444 g/mol. The number of carbonyl (C=O) groups excluding carboxylic acids is 3. The number of anilines is 2. The smallest absolute Gasteiger partial charge is 0.321 e. The van der Waals surface area contributed by atoms with E-state index in [1.165, 1.54) is 19.3 Å². The molecule has 8 nitrogen and oxygen atoms in total. The predicted molar refractivity (Wildman–Crippen MR) is 127 cm³/mol. The Morgan fingerprint density at radius 3 is 2.09 bits per heavy atom. The van der Waals surface area contributed by atoms with Crippen molar-refractivity contribution in [3.8, 4) is 0 Å². The second kappa shape index (κ2) is 11.7. The van der Waals surface area contributed by atoms with Crippen LogP contribution in [0.25, 0.3) is 0 Å². The first-order valence-electron chi connectivity index (χ1n) is 11.9. The van der Waals surface area contributed by atoms with E-state index in [1.54, 1.807) is 29.2 Å². The summed E-state index contributed by atoms with van der Waals surface area (Å²) in [5.41, 5.74) is 1.36. The molecular weight excluding hydrogens is 406 g/mol. The number of likely N-dealkylation sites (tertiary alicyclic amines) is 1. The van der Waals surface area contributed by atoms with E-state index in [1.807, 2.05) is 0 Å². The summed E-state index contributed by atoms with van der Waals surface area (Å²) in [6.07, 6.45) is 7.02. The molecule has 2 aliphatic rings. The molecule has 1 saturated heterocycles. The third kappa shape index (κ3) is 7.43. The minimum Gasteiger partial charge on any atom is -0.356 e. The van der Waals surface area contributed by atoms with Crippen molar-refractivity contribution >= 4 is 29.3 Å². The van der Waals surface area contributed by atoms with Crippen LogP contribution >= 0.6 is 0 Å². The lowest BCUT2D eigenvalue weighted by Crippen LogP contribution is -2.45. The molecule has 1 aliphatic carbocycles. The third-order valence-corrected chi connectivity index (χ3v) is 6.17. The normalized spacial score (nSPS) is 17.7. The molecular formula is C24H37N5O3. The number of benzene rings is 1. The van der Waals surface area contributed by atoms with E-state index in [9.17, 15) is 14.4 Å². The Morgan fingerprint density at radius 2 is 1.50 bits per heavy atom. The van der Waals surface area contributed by atoms with Gasteiger partial charge in [0.15, 0.2) is 0 Å². The second-order valence-corrected chi connectivity index (χ2v) is 9.34. The van der Waals surface area contributed by atoms with Gasteiger partial charge < -0.3 is 26.2 Å². The van der Waals surface area contributed by atoms with E-state index >= 15 is 0 Å². The molecule has 0 bridgehead atoms. The largest absolute Gasteiger partial charge is 0.356 e. The van der Waals surface area contributed by atoms with Gasteiger partial charge in [-0.3, -0.25) is 4.79 Å². The molecule has 1 aliphatic heterocycles. The van der Waals surface area contributed by atoms with Crippen LogP contribution in [0.5, 0.6) is 0 Å². The highest BCUT2D eigenvalue weighted by Gasteiger charge is 2.27. The van der Waals surface area contributed by atoms with Crippen molar-refractivity contribution in [1.82, 2.24) is 15.5 Å². The fraction of sp³-hybridized carbons (Fsp3) is 0.625. The predicted octanol–water partition coefficient (Wildman–Crippen LogP) is 4.16. The Bertz CT molecular complexity index is 766. The van der Waals surface area contributed by atoms with E-state index in [0.29, 0.717) is 49.8 Å². The van der Waals surface area contributed by atoms with Crippen LogP contribution in [0.3, 0.4) is 0 Å². The van der Waals surface area contributed by atoms with Gasteiger partial charge >= 0.3 is 12.1 Å². The molecule has 8 heteroatoms. The first kappa shape index (κ1) is 23.9. The number of rotatable bonds is 6. The standard InChI is InChI=1S/C24H37N5O3/c1-17(2)16-25-22(30)18-12-14-29(15-13-18)24(32)28-21-10-8-20(9-11-21)27-23(31)26-19-6-4-3-5-7-19/h8-11,17-19H,3-7,12-16H2,1-2H3,(H,25,30)(H,28,32)(H2,26,27,31). The number of nitrogens with zero attached hydrogens (tertiary/aromatic N) is 1. The zero-order valence-corrected chi connectivity index (χ0v) is 19.3. The van der Waals surface area contributed by atoms with Crippen LogP contribution in [0.4, 0.5) is 21.0 Å². The van der Waals surface area contributed by atoms with Gasteiger partial charge in [-0.15, -0.1) is 0 Å². The van der Waals surface area contributed by atoms with Crippen molar-refractivity contribution in [1.29, 1.82) is 0 Å². The molecule has 0 unspecified atom stereocenters. The van der Waals surface area contributed by atoms with E-state index in [-0.39, 0.29) is 29.9 Å². The Hall–Kier alpha value is -2.77. The highest BCUT2D eigenvalue weighted by molar-refractivity contribution is 5.92. The van der Waals surface area contributed by atoms with E-state index in [0.717, 1.165) is 12.8 Å². The molecule has 5 amide bonds. The fourth-order valence-electron chi connectivity index (χ4n) is 4.23. The highest BCUT2D eigenvalue weighted by atomic mass is 16.2. The number of amides is 5. The first-order chi connectivity index (χ1) is 15.4. The summed E-state index contributed by atoms with van der Waals surface area (Å²) in [7, 11) is 0. The summed E-state index contributed by atoms with van der Waals surface area (Å²) in [6.45, 7) is 5.95. The quantitative estimate of drug-likeness (QED) is 0.531. The fourth-order valence-corrected chi connectivity index (χ4v) is 4.23. The SMILES string of the molecule is CC(C)CNC(=O)C1CCN(C(=O)Nc2ccc(NC(=O)NC3CCCCC3)cc2)CC1. The van der Waals surface area contributed by atoms with Gasteiger partial charge in [0.25, 0.3) is 0 Å². The van der Waals surface area contributed by atoms with Gasteiger partial charge in [-0.2, -0.15) is 0 Å². The van der Waals surface area contributed by atoms with Crippen molar-refractivity contribution in [2.45, 2.75) is 64.8 Å². The van der Waals surface area contributed by atoms with Crippen molar-refractivity contribution in [2.24, 2.45) is 11.8 Å². The first-order valence-corrected chi connectivity index (χ1v) is 11.9. The number of urea groups is 2. The molecule has 176 valence electrons. The topological polar surface area (TPSA) is 103 Å². The van der Waals surface area contributed by atoms with Gasteiger partial charge in [-0.1, -0.05) is 33.1 Å². The Kier molecular flexibility index (Phi) is 8.76. The van der Waals surface area contributed by atoms with Crippen LogP contribution < -0.4 is 21.3 Å². The number of hydrogen-bond acceptors (Lipinski definition) is 3. The zero-order valence-electron chi connectivity index (χ0n) is 19.3. The minimum atomic E-state index is -0.186. The zero-order chi connectivity index (χ0) is 22.9. The summed E-state index contributed by atoms with van der Waals surface area (Å²) in [4.78, 5) is 38.7. The van der Waals surface area contributed by atoms with Crippen LogP contribution in [0.2, 0.25) is 0 Å². The van der Waals surface area contributed by atoms with Gasteiger partial charge in [0.05, 0.1) is 0 Å². The number of piperidine rings is 1. The molecule has 0 aromatic heterocycles. The van der Waals surface area contributed by atoms with Crippen molar-refractivity contribution < 1.29 is 14.4 Å². The van der Waals surface area contributed by atoms with Crippen LogP contribution in [0, 0.1) is 11.8 Å². The van der Waals surface area contributed by atoms with Gasteiger partial charge in [0.2, 0.25) is 5.91 Å². The summed E-state index contributed by atoms with van der Waals surface area (Å²) in [5.74, 6) is 0.495. The van der Waals surface area contributed by atoms with Gasteiger partial charge in [0.1, 0.15) is 0 Å². The molecule has 2 fully saturated rings. The number of nitrogens with one attached hydrogen (secondary N) is 4. The van der Waals surface area contributed by atoms with Gasteiger partial charge in [-0.25, -0.2) is 9.59 Å². The maximum Gasteiger partial charge on any atom is 0.321 e. The monoisotopic (exact) mass is 443 g/mol. The molecule has 0 atom stereocenters. The Morgan fingerprint density at radius 1 is 0.906 bits per heavy atom. The number of carbonyl (C=O) groups is 3. The summed E-state index contributed by atoms with van der Waals surface area (Å²) < 4.78 is 0. The number of hydrogen-bond donors (Lipinski definition) is 4. The van der Waals surface area contributed by atoms with Gasteiger partial charge in [-0.05, 0) is 55.9 Å². The lowest BCUT2D eigenvalue weighted by molar-refractivity contribution is -0.126. The minimum absolute atomic E-state index is 0.0251. The highest BCUT2D eigenvalue weighted by Crippen LogP contribution is 2.20.